The van der Waals surface area contributed by atoms with Gasteiger partial charge < -0.3 is 10.2 Å². The second-order valence-corrected chi connectivity index (χ2v) is 7.38. The van der Waals surface area contributed by atoms with Crippen LogP contribution in [0.25, 0.3) is 0 Å². The van der Waals surface area contributed by atoms with Crippen molar-refractivity contribution < 1.29 is 4.79 Å². The van der Waals surface area contributed by atoms with Crippen molar-refractivity contribution in [3.8, 4) is 0 Å². The molecule has 3 nitrogen and oxygen atoms in total. The second-order valence-electron chi connectivity index (χ2n) is 6.94. The van der Waals surface area contributed by atoms with Crippen LogP contribution in [0.2, 0.25) is 5.02 Å². The van der Waals surface area contributed by atoms with Gasteiger partial charge in [-0.3, -0.25) is 4.79 Å². The van der Waals surface area contributed by atoms with E-state index in [-0.39, 0.29) is 11.3 Å². The Hall–Kier alpha value is -2.00. The van der Waals surface area contributed by atoms with Crippen molar-refractivity contribution >= 4 is 23.2 Å². The monoisotopic (exact) mass is 342 g/mol. The average Bonchev–Trinajstić information content (AvgIpc) is 2.57. The molecule has 2 aromatic carbocycles. The number of rotatable bonds is 4. The van der Waals surface area contributed by atoms with E-state index >= 15 is 0 Å². The molecule has 0 aliphatic carbocycles. The van der Waals surface area contributed by atoms with Crippen LogP contribution in [-0.4, -0.2) is 23.9 Å². The van der Waals surface area contributed by atoms with Crippen molar-refractivity contribution in [2.75, 3.05) is 18.4 Å². The summed E-state index contributed by atoms with van der Waals surface area (Å²) in [4.78, 5) is 14.6. The predicted octanol–water partition coefficient (Wildman–Crippen LogP) is 4.71. The summed E-state index contributed by atoms with van der Waals surface area (Å²) in [5.74, 6) is 0.127. The zero-order chi connectivity index (χ0) is 17.3. The van der Waals surface area contributed by atoms with Gasteiger partial charge in [0.15, 0.2) is 0 Å². The molecule has 1 N–H and O–H groups in total. The first-order valence-corrected chi connectivity index (χ1v) is 8.70. The molecule has 0 fully saturated rings. The van der Waals surface area contributed by atoms with Crippen molar-refractivity contribution in [1.29, 1.82) is 0 Å². The van der Waals surface area contributed by atoms with Gasteiger partial charge in [-0.1, -0.05) is 43.6 Å². The van der Waals surface area contributed by atoms with Gasteiger partial charge in [-0.25, -0.2) is 0 Å². The van der Waals surface area contributed by atoms with E-state index < -0.39 is 0 Å². The first-order valence-electron chi connectivity index (χ1n) is 8.33. The van der Waals surface area contributed by atoms with Crippen LogP contribution in [-0.2, 0) is 12.0 Å². The number of likely N-dealkylation sites (N-methyl/N-ethyl adjacent to an activating group) is 1. The molecular weight excluding hydrogens is 320 g/mol. The van der Waals surface area contributed by atoms with Gasteiger partial charge in [0.2, 0.25) is 0 Å². The maximum atomic E-state index is 12.7. The van der Waals surface area contributed by atoms with E-state index in [1.165, 1.54) is 0 Å². The van der Waals surface area contributed by atoms with E-state index in [1.807, 2.05) is 42.2 Å². The molecule has 0 radical (unpaired) electrons. The quantitative estimate of drug-likeness (QED) is 0.873. The largest absolute Gasteiger partial charge is 0.381 e. The van der Waals surface area contributed by atoms with Crippen LogP contribution in [0.4, 0.5) is 5.69 Å². The average molecular weight is 343 g/mol. The SMILES string of the molecule is CCN1CC(C)(C)c2ccc(NCc3ccc(Cl)cc3)cc2C1=O. The number of anilines is 1. The Morgan fingerprint density at radius 1 is 1.17 bits per heavy atom. The van der Waals surface area contributed by atoms with E-state index in [0.717, 1.165) is 40.5 Å². The third-order valence-electron chi connectivity index (χ3n) is 4.64. The van der Waals surface area contributed by atoms with Crippen molar-refractivity contribution in [1.82, 2.24) is 4.90 Å². The number of nitrogens with one attached hydrogen (secondary N) is 1. The topological polar surface area (TPSA) is 32.3 Å². The van der Waals surface area contributed by atoms with Gasteiger partial charge in [0.05, 0.1) is 0 Å². The number of amides is 1. The first kappa shape index (κ1) is 16.8. The molecule has 1 amide bonds. The molecular formula is C20H23ClN2O. The van der Waals surface area contributed by atoms with E-state index in [9.17, 15) is 4.79 Å². The number of carbonyl (C=O) groups excluding carboxylic acids is 1. The Balaban J connectivity index is 1.83. The van der Waals surface area contributed by atoms with Gasteiger partial charge >= 0.3 is 0 Å². The van der Waals surface area contributed by atoms with Crippen LogP contribution in [0, 0.1) is 0 Å². The lowest BCUT2D eigenvalue weighted by molar-refractivity contribution is 0.0699. The molecule has 0 spiro atoms. The minimum absolute atomic E-state index is 0.0199. The lowest BCUT2D eigenvalue weighted by Gasteiger charge is -2.39. The highest BCUT2D eigenvalue weighted by atomic mass is 35.5. The molecule has 0 unspecified atom stereocenters. The van der Waals surface area contributed by atoms with Crippen molar-refractivity contribution in [2.45, 2.75) is 32.7 Å². The van der Waals surface area contributed by atoms with Gasteiger partial charge in [-0.2, -0.15) is 0 Å². The zero-order valence-corrected chi connectivity index (χ0v) is 15.2. The Labute approximate surface area is 148 Å². The number of hydrogen-bond donors (Lipinski definition) is 1. The number of hydrogen-bond acceptors (Lipinski definition) is 2. The van der Waals surface area contributed by atoms with Crippen molar-refractivity contribution in [3.05, 3.63) is 64.2 Å². The third kappa shape index (κ3) is 3.27. The first-order chi connectivity index (χ1) is 11.4. The fourth-order valence-electron chi connectivity index (χ4n) is 3.29. The highest BCUT2D eigenvalue weighted by molar-refractivity contribution is 6.30. The van der Waals surface area contributed by atoms with Gasteiger partial charge in [0, 0.05) is 41.3 Å². The van der Waals surface area contributed by atoms with Gasteiger partial charge in [0.1, 0.15) is 0 Å². The fraction of sp³-hybridized carbons (Fsp3) is 0.350. The third-order valence-corrected chi connectivity index (χ3v) is 4.90. The molecule has 1 aliphatic rings. The molecule has 0 saturated heterocycles. The normalized spacial score (nSPS) is 16.0. The zero-order valence-electron chi connectivity index (χ0n) is 14.4. The van der Waals surface area contributed by atoms with E-state index in [0.29, 0.717) is 6.54 Å². The fourth-order valence-corrected chi connectivity index (χ4v) is 3.41. The van der Waals surface area contributed by atoms with Crippen LogP contribution < -0.4 is 5.32 Å². The predicted molar refractivity (Wildman–Crippen MR) is 99.8 cm³/mol. The standard InChI is InChI=1S/C20H23ClN2O/c1-4-23-13-20(2,3)18-10-9-16(11-17(18)19(23)24)22-12-14-5-7-15(21)8-6-14/h5-11,22H,4,12-13H2,1-3H3. The van der Waals surface area contributed by atoms with Crippen LogP contribution in [0.1, 0.15) is 42.3 Å². The molecule has 2 aromatic rings. The molecule has 1 heterocycles. The molecule has 3 rings (SSSR count). The van der Waals surface area contributed by atoms with Crippen molar-refractivity contribution in [3.63, 3.8) is 0 Å². The number of halogens is 1. The molecule has 1 aliphatic heterocycles. The Morgan fingerprint density at radius 3 is 2.54 bits per heavy atom. The van der Waals surface area contributed by atoms with Gasteiger partial charge in [-0.05, 0) is 42.3 Å². The smallest absolute Gasteiger partial charge is 0.254 e. The van der Waals surface area contributed by atoms with E-state index in [1.54, 1.807) is 0 Å². The molecule has 0 aromatic heterocycles. The molecule has 0 atom stereocenters. The summed E-state index contributed by atoms with van der Waals surface area (Å²) in [7, 11) is 0. The molecule has 126 valence electrons. The highest BCUT2D eigenvalue weighted by Crippen LogP contribution is 2.34. The lowest BCUT2D eigenvalue weighted by atomic mass is 9.78. The second kappa shape index (κ2) is 6.48. The summed E-state index contributed by atoms with van der Waals surface area (Å²) in [6.45, 7) is 8.63. The minimum Gasteiger partial charge on any atom is -0.381 e. The Kier molecular flexibility index (Phi) is 4.55. The molecule has 0 bridgehead atoms. The summed E-state index contributed by atoms with van der Waals surface area (Å²) in [5, 5.41) is 4.13. The van der Waals surface area contributed by atoms with Crippen LogP contribution in [0.3, 0.4) is 0 Å². The summed E-state index contributed by atoms with van der Waals surface area (Å²) >= 11 is 5.92. The Bertz CT molecular complexity index is 753. The number of benzene rings is 2. The van der Waals surface area contributed by atoms with E-state index in [2.05, 4.69) is 31.3 Å². The number of carbonyl (C=O) groups is 1. The maximum absolute atomic E-state index is 12.7. The number of fused-ring (bicyclic) bond motifs is 1. The van der Waals surface area contributed by atoms with Crippen LogP contribution >= 0.6 is 11.6 Å². The Morgan fingerprint density at radius 2 is 1.88 bits per heavy atom. The van der Waals surface area contributed by atoms with Crippen LogP contribution in [0.5, 0.6) is 0 Å². The highest BCUT2D eigenvalue weighted by Gasteiger charge is 2.35. The summed E-state index contributed by atoms with van der Waals surface area (Å²) < 4.78 is 0. The van der Waals surface area contributed by atoms with Gasteiger partial charge in [-0.15, -0.1) is 0 Å². The summed E-state index contributed by atoms with van der Waals surface area (Å²) in [6, 6.07) is 13.9. The summed E-state index contributed by atoms with van der Waals surface area (Å²) in [5.41, 5.74) is 4.04. The minimum atomic E-state index is -0.0199. The van der Waals surface area contributed by atoms with E-state index in [4.69, 9.17) is 11.6 Å². The molecule has 0 saturated carbocycles. The maximum Gasteiger partial charge on any atom is 0.254 e. The molecule has 24 heavy (non-hydrogen) atoms. The lowest BCUT2D eigenvalue weighted by Crippen LogP contribution is -2.46. The number of nitrogens with zero attached hydrogens (tertiary/aromatic N) is 1. The van der Waals surface area contributed by atoms with Crippen molar-refractivity contribution in [2.24, 2.45) is 0 Å². The van der Waals surface area contributed by atoms with Gasteiger partial charge in [0.25, 0.3) is 5.91 Å². The summed E-state index contributed by atoms with van der Waals surface area (Å²) in [6.07, 6.45) is 0. The van der Waals surface area contributed by atoms with Crippen LogP contribution in [0.15, 0.2) is 42.5 Å². The molecule has 4 heteroatoms.